The Morgan fingerprint density at radius 3 is 2.17 bits per heavy atom. The normalized spacial score (nSPS) is 12.9. The summed E-state index contributed by atoms with van der Waals surface area (Å²) >= 11 is 12.3. The summed E-state index contributed by atoms with van der Waals surface area (Å²) in [5, 5.41) is 3.59. The number of carbonyl (C=O) groups is 2. The molecule has 7 nitrogen and oxygen atoms in total. The van der Waals surface area contributed by atoms with Crippen molar-refractivity contribution in [1.29, 1.82) is 0 Å². The van der Waals surface area contributed by atoms with Crippen molar-refractivity contribution in [3.63, 3.8) is 0 Å². The van der Waals surface area contributed by atoms with Crippen molar-refractivity contribution >= 4 is 50.7 Å². The molecule has 0 saturated heterocycles. The van der Waals surface area contributed by atoms with Gasteiger partial charge in [-0.2, -0.15) is 0 Å². The molecule has 1 N–H and O–H groups in total. The molecular weight excluding hydrogens is 569 g/mol. The molecule has 10 heteroatoms. The van der Waals surface area contributed by atoms with Gasteiger partial charge in [0.1, 0.15) is 12.6 Å². The van der Waals surface area contributed by atoms with E-state index in [0.717, 1.165) is 21.9 Å². The Morgan fingerprint density at radius 1 is 0.900 bits per heavy atom. The fourth-order valence-corrected chi connectivity index (χ4v) is 5.76. The van der Waals surface area contributed by atoms with Crippen LogP contribution in [0.3, 0.4) is 0 Å². The number of rotatable bonds is 11. The van der Waals surface area contributed by atoms with E-state index in [4.69, 9.17) is 23.2 Å². The lowest BCUT2D eigenvalue weighted by atomic mass is 10.1. The molecule has 0 bridgehead atoms. The molecule has 3 aromatic carbocycles. The van der Waals surface area contributed by atoms with Crippen LogP contribution in [0.15, 0.2) is 71.6 Å². The third-order valence-corrected chi connectivity index (χ3v) is 9.42. The zero-order chi connectivity index (χ0) is 29.6. The average Bonchev–Trinajstić information content (AvgIpc) is 2.93. The SMILES string of the molecule is CC[C@H](C)NC(=O)[C@H](C)N(Cc1ccc(Cl)c(Cl)c1)C(=O)CN(c1ccc(C)c(C)c1)S(=O)(=O)c1ccccc1. The van der Waals surface area contributed by atoms with Gasteiger partial charge in [-0.25, -0.2) is 8.42 Å². The number of carbonyl (C=O) groups excluding carboxylic acids is 2. The maximum absolute atomic E-state index is 14.0. The van der Waals surface area contributed by atoms with Crippen LogP contribution in [0.1, 0.15) is 43.9 Å². The van der Waals surface area contributed by atoms with Gasteiger partial charge in [0, 0.05) is 12.6 Å². The fourth-order valence-electron chi connectivity index (χ4n) is 4.01. The van der Waals surface area contributed by atoms with Gasteiger partial charge in [0.05, 0.1) is 20.6 Å². The summed E-state index contributed by atoms with van der Waals surface area (Å²) in [6.45, 7) is 8.77. The van der Waals surface area contributed by atoms with Crippen LogP contribution in [0.4, 0.5) is 5.69 Å². The van der Waals surface area contributed by atoms with Crippen LogP contribution in [0, 0.1) is 13.8 Å². The van der Waals surface area contributed by atoms with E-state index in [1.54, 1.807) is 55.5 Å². The van der Waals surface area contributed by atoms with E-state index in [-0.39, 0.29) is 23.4 Å². The van der Waals surface area contributed by atoms with Crippen molar-refractivity contribution in [1.82, 2.24) is 10.2 Å². The number of nitrogens with zero attached hydrogens (tertiary/aromatic N) is 2. The van der Waals surface area contributed by atoms with Crippen LogP contribution in [0.25, 0.3) is 0 Å². The van der Waals surface area contributed by atoms with Gasteiger partial charge in [-0.1, -0.05) is 60.5 Å². The standard InChI is InChI=1S/C30H35Cl2N3O4S/c1-6-22(4)33-30(37)23(5)34(18-24-13-15-27(31)28(32)17-24)29(36)19-35(25-14-12-20(2)21(3)16-25)40(38,39)26-10-8-7-9-11-26/h7-17,22-23H,6,18-19H2,1-5H3,(H,33,37)/t22-,23-/m0/s1. The number of benzene rings is 3. The number of nitrogens with one attached hydrogen (secondary N) is 1. The molecule has 214 valence electrons. The van der Waals surface area contributed by atoms with Crippen molar-refractivity contribution in [2.75, 3.05) is 10.8 Å². The van der Waals surface area contributed by atoms with Gasteiger partial charge in [-0.05, 0) is 87.2 Å². The molecule has 0 aliphatic rings. The quantitative estimate of drug-likeness (QED) is 0.285. The van der Waals surface area contributed by atoms with Crippen LogP contribution in [0.5, 0.6) is 0 Å². The average molecular weight is 605 g/mol. The number of amides is 2. The zero-order valence-corrected chi connectivity index (χ0v) is 25.6. The van der Waals surface area contributed by atoms with Gasteiger partial charge < -0.3 is 10.2 Å². The van der Waals surface area contributed by atoms with Crippen LogP contribution in [-0.2, 0) is 26.2 Å². The lowest BCUT2D eigenvalue weighted by Crippen LogP contribution is -2.52. The second-order valence-electron chi connectivity index (χ2n) is 9.86. The molecule has 0 aliphatic heterocycles. The first-order valence-corrected chi connectivity index (χ1v) is 15.2. The Labute approximate surface area is 247 Å². The molecule has 0 saturated carbocycles. The molecule has 40 heavy (non-hydrogen) atoms. The Hall–Kier alpha value is -3.07. The minimum absolute atomic E-state index is 0.0248. The van der Waals surface area contributed by atoms with Gasteiger partial charge in [-0.15, -0.1) is 0 Å². The molecule has 0 aromatic heterocycles. The minimum atomic E-state index is -4.12. The molecule has 0 radical (unpaired) electrons. The molecule has 0 spiro atoms. The summed E-state index contributed by atoms with van der Waals surface area (Å²) < 4.78 is 28.8. The largest absolute Gasteiger partial charge is 0.352 e. The van der Waals surface area contributed by atoms with Crippen molar-refractivity contribution in [2.24, 2.45) is 0 Å². The fraction of sp³-hybridized carbons (Fsp3) is 0.333. The van der Waals surface area contributed by atoms with Gasteiger partial charge in [0.2, 0.25) is 11.8 Å². The highest BCUT2D eigenvalue weighted by molar-refractivity contribution is 7.92. The van der Waals surface area contributed by atoms with Crippen molar-refractivity contribution in [3.8, 4) is 0 Å². The highest BCUT2D eigenvalue weighted by Gasteiger charge is 2.33. The lowest BCUT2D eigenvalue weighted by molar-refractivity contribution is -0.139. The van der Waals surface area contributed by atoms with E-state index in [0.29, 0.717) is 21.3 Å². The van der Waals surface area contributed by atoms with E-state index in [1.807, 2.05) is 33.8 Å². The number of halogens is 2. The van der Waals surface area contributed by atoms with E-state index in [2.05, 4.69) is 5.32 Å². The Kier molecular flexibility index (Phi) is 10.6. The van der Waals surface area contributed by atoms with E-state index in [9.17, 15) is 18.0 Å². The summed E-state index contributed by atoms with van der Waals surface area (Å²) in [4.78, 5) is 28.6. The molecule has 3 rings (SSSR count). The van der Waals surface area contributed by atoms with Crippen molar-refractivity contribution in [3.05, 3.63) is 93.5 Å². The summed E-state index contributed by atoms with van der Waals surface area (Å²) in [7, 11) is -4.12. The number of sulfonamides is 1. The summed E-state index contributed by atoms with van der Waals surface area (Å²) in [5.41, 5.74) is 2.87. The van der Waals surface area contributed by atoms with Gasteiger partial charge in [0.15, 0.2) is 0 Å². The number of aryl methyl sites for hydroxylation is 2. The zero-order valence-electron chi connectivity index (χ0n) is 23.3. The second kappa shape index (κ2) is 13.5. The summed E-state index contributed by atoms with van der Waals surface area (Å²) in [6, 6.07) is 17.2. The topological polar surface area (TPSA) is 86.8 Å². The third kappa shape index (κ3) is 7.56. The highest BCUT2D eigenvalue weighted by atomic mass is 35.5. The smallest absolute Gasteiger partial charge is 0.264 e. The van der Waals surface area contributed by atoms with E-state index < -0.39 is 28.5 Å². The van der Waals surface area contributed by atoms with Gasteiger partial charge >= 0.3 is 0 Å². The first-order valence-electron chi connectivity index (χ1n) is 13.0. The van der Waals surface area contributed by atoms with Crippen LogP contribution < -0.4 is 9.62 Å². The first-order chi connectivity index (χ1) is 18.8. The van der Waals surface area contributed by atoms with Crippen LogP contribution in [0.2, 0.25) is 10.0 Å². The van der Waals surface area contributed by atoms with Gasteiger partial charge in [0.25, 0.3) is 10.0 Å². The third-order valence-electron chi connectivity index (χ3n) is 6.89. The van der Waals surface area contributed by atoms with Crippen molar-refractivity contribution < 1.29 is 18.0 Å². The Morgan fingerprint density at radius 2 is 1.57 bits per heavy atom. The Bertz CT molecular complexity index is 1470. The van der Waals surface area contributed by atoms with Crippen LogP contribution in [-0.4, -0.2) is 43.8 Å². The van der Waals surface area contributed by atoms with Crippen LogP contribution >= 0.6 is 23.2 Å². The highest BCUT2D eigenvalue weighted by Crippen LogP contribution is 2.27. The van der Waals surface area contributed by atoms with Gasteiger partial charge in [-0.3, -0.25) is 13.9 Å². The minimum Gasteiger partial charge on any atom is -0.352 e. The molecule has 0 fully saturated rings. The molecule has 2 atom stereocenters. The lowest BCUT2D eigenvalue weighted by Gasteiger charge is -2.32. The second-order valence-corrected chi connectivity index (χ2v) is 12.5. The number of hydrogen-bond acceptors (Lipinski definition) is 4. The van der Waals surface area contributed by atoms with E-state index in [1.165, 1.54) is 17.0 Å². The number of anilines is 1. The molecule has 0 unspecified atom stereocenters. The predicted octanol–water partition coefficient (Wildman–Crippen LogP) is 6.14. The van der Waals surface area contributed by atoms with Crippen molar-refractivity contribution in [2.45, 2.75) is 64.6 Å². The first kappa shape index (κ1) is 31.5. The molecule has 3 aromatic rings. The molecule has 2 amide bonds. The molecule has 0 heterocycles. The molecule has 0 aliphatic carbocycles. The molecular formula is C30H35Cl2N3O4S. The maximum atomic E-state index is 14.0. The summed E-state index contributed by atoms with van der Waals surface area (Å²) in [6.07, 6.45) is 0.717. The predicted molar refractivity (Wildman–Crippen MR) is 161 cm³/mol. The monoisotopic (exact) mass is 603 g/mol. The summed E-state index contributed by atoms with van der Waals surface area (Å²) in [5.74, 6) is -0.887. The Balaban J connectivity index is 2.05. The maximum Gasteiger partial charge on any atom is 0.264 e. The number of hydrogen-bond donors (Lipinski definition) is 1. The van der Waals surface area contributed by atoms with E-state index >= 15 is 0 Å².